The van der Waals surface area contributed by atoms with Gasteiger partial charge in [-0.3, -0.25) is 15.3 Å². The summed E-state index contributed by atoms with van der Waals surface area (Å²) in [7, 11) is 0. The van der Waals surface area contributed by atoms with Crippen LogP contribution in [0.4, 0.5) is 0 Å². The molecule has 27 heavy (non-hydrogen) atoms. The highest BCUT2D eigenvalue weighted by molar-refractivity contribution is 5.80. The minimum atomic E-state index is -1.70. The van der Waals surface area contributed by atoms with Crippen molar-refractivity contribution in [3.05, 3.63) is 35.9 Å². The second-order valence-electron chi connectivity index (χ2n) is 8.57. The van der Waals surface area contributed by atoms with E-state index in [1.165, 1.54) is 6.42 Å². The zero-order valence-corrected chi connectivity index (χ0v) is 16.8. The van der Waals surface area contributed by atoms with E-state index in [9.17, 15) is 9.59 Å². The first-order valence-electron chi connectivity index (χ1n) is 9.89. The maximum absolute atomic E-state index is 12.9. The lowest BCUT2D eigenvalue weighted by Crippen LogP contribution is -2.55. The highest BCUT2D eigenvalue weighted by atomic mass is 16.6. The van der Waals surface area contributed by atoms with Crippen LogP contribution in [0.15, 0.2) is 30.3 Å². The Hall–Kier alpha value is -1.72. The van der Waals surface area contributed by atoms with Crippen molar-refractivity contribution in [1.82, 2.24) is 0 Å². The first kappa shape index (κ1) is 21.6. The summed E-state index contributed by atoms with van der Waals surface area (Å²) in [4.78, 5) is 24.9. The van der Waals surface area contributed by atoms with Gasteiger partial charge in [-0.05, 0) is 38.7 Å². The molecule has 0 aromatic heterocycles. The maximum atomic E-state index is 12.9. The Morgan fingerprint density at radius 3 is 2.37 bits per heavy atom. The Morgan fingerprint density at radius 1 is 1.19 bits per heavy atom. The molecule has 1 saturated carbocycles. The number of hydrogen-bond donors (Lipinski definition) is 1. The molecule has 1 fully saturated rings. The molecule has 0 radical (unpaired) electrons. The number of nitrogens with two attached hydrogens (primary N) is 1. The summed E-state index contributed by atoms with van der Waals surface area (Å²) < 4.78 is 11.4. The Morgan fingerprint density at radius 2 is 1.81 bits per heavy atom. The molecule has 1 aliphatic carbocycles. The highest BCUT2D eigenvalue weighted by Gasteiger charge is 2.44. The van der Waals surface area contributed by atoms with Gasteiger partial charge in [0.25, 0.3) is 0 Å². The molecule has 0 spiro atoms. The van der Waals surface area contributed by atoms with Gasteiger partial charge < -0.3 is 9.47 Å². The molecule has 2 atom stereocenters. The Bertz CT molecular complexity index is 604. The van der Waals surface area contributed by atoms with Crippen molar-refractivity contribution in [3.8, 4) is 0 Å². The first-order chi connectivity index (χ1) is 12.7. The minimum absolute atomic E-state index is 0.167. The molecule has 2 unspecified atom stereocenters. The molecule has 2 rings (SSSR count). The second kappa shape index (κ2) is 9.47. The number of carbonyl (C=O) groups is 2. The van der Waals surface area contributed by atoms with Crippen molar-refractivity contribution >= 4 is 12.3 Å². The summed E-state index contributed by atoms with van der Waals surface area (Å²) in [6, 6.07) is 9.49. The molecule has 1 aliphatic rings. The highest BCUT2D eigenvalue weighted by Crippen LogP contribution is 2.34. The van der Waals surface area contributed by atoms with E-state index in [0.717, 1.165) is 31.2 Å². The van der Waals surface area contributed by atoms with Crippen LogP contribution in [-0.2, 0) is 25.7 Å². The summed E-state index contributed by atoms with van der Waals surface area (Å²) >= 11 is 0. The number of hydrogen-bond acceptors (Lipinski definition) is 5. The average Bonchev–Trinajstić information content (AvgIpc) is 2.64. The largest absolute Gasteiger partial charge is 0.460 e. The van der Waals surface area contributed by atoms with Gasteiger partial charge >= 0.3 is 5.97 Å². The molecular weight excluding hydrogens is 342 g/mol. The van der Waals surface area contributed by atoms with E-state index in [4.69, 9.17) is 15.2 Å². The molecule has 0 bridgehead atoms. The lowest BCUT2D eigenvalue weighted by atomic mass is 9.79. The molecule has 5 heteroatoms. The van der Waals surface area contributed by atoms with Crippen LogP contribution in [-0.4, -0.2) is 23.6 Å². The molecule has 0 heterocycles. The van der Waals surface area contributed by atoms with Crippen molar-refractivity contribution in [3.63, 3.8) is 0 Å². The van der Waals surface area contributed by atoms with E-state index in [1.54, 1.807) is 0 Å². The number of ether oxygens (including phenoxy) is 2. The lowest BCUT2D eigenvalue weighted by molar-refractivity contribution is -0.179. The maximum Gasteiger partial charge on any atom is 0.314 e. The summed E-state index contributed by atoms with van der Waals surface area (Å²) in [5, 5.41) is 0. The third-order valence-electron chi connectivity index (χ3n) is 5.05. The number of esters is 1. The van der Waals surface area contributed by atoms with Crippen molar-refractivity contribution in [2.24, 2.45) is 17.6 Å². The topological polar surface area (TPSA) is 78.6 Å². The predicted molar refractivity (Wildman–Crippen MR) is 105 cm³/mol. The minimum Gasteiger partial charge on any atom is -0.460 e. The predicted octanol–water partition coefficient (Wildman–Crippen LogP) is 3.99. The van der Waals surface area contributed by atoms with Crippen molar-refractivity contribution in [2.45, 2.75) is 77.2 Å². The van der Waals surface area contributed by atoms with Crippen molar-refractivity contribution < 1.29 is 19.1 Å². The van der Waals surface area contributed by atoms with Gasteiger partial charge in [-0.1, -0.05) is 62.4 Å². The van der Waals surface area contributed by atoms with Crippen LogP contribution in [0.25, 0.3) is 0 Å². The fourth-order valence-corrected chi connectivity index (χ4v) is 3.59. The van der Waals surface area contributed by atoms with Crippen molar-refractivity contribution in [1.29, 1.82) is 0 Å². The molecule has 150 valence electrons. The average molecular weight is 376 g/mol. The molecule has 0 saturated heterocycles. The number of carbonyl (C=O) groups excluding carboxylic acids is 2. The normalized spacial score (nSPS) is 19.1. The zero-order valence-electron chi connectivity index (χ0n) is 16.8. The SMILES string of the molecule is CC(C)(C)OC(=O)C(CC1CCCCC1)C(N)(C=O)OCc1ccccc1. The number of benzene rings is 1. The number of rotatable bonds is 8. The fraction of sp³-hybridized carbons (Fsp3) is 0.636. The first-order valence-corrected chi connectivity index (χ1v) is 9.89. The van der Waals surface area contributed by atoms with E-state index in [2.05, 4.69) is 0 Å². The zero-order chi connectivity index (χ0) is 19.9. The van der Waals surface area contributed by atoms with E-state index < -0.39 is 23.2 Å². The van der Waals surface area contributed by atoms with Gasteiger partial charge in [0, 0.05) is 0 Å². The van der Waals surface area contributed by atoms with Gasteiger partial charge in [0.2, 0.25) is 0 Å². The Balaban J connectivity index is 2.17. The van der Waals surface area contributed by atoms with Crippen LogP contribution in [0.5, 0.6) is 0 Å². The number of aldehydes is 1. The van der Waals surface area contributed by atoms with E-state index in [1.807, 2.05) is 51.1 Å². The summed E-state index contributed by atoms with van der Waals surface area (Å²) in [5.41, 5.74) is 4.89. The van der Waals surface area contributed by atoms with Gasteiger partial charge in [-0.25, -0.2) is 0 Å². The van der Waals surface area contributed by atoms with Gasteiger partial charge in [0.1, 0.15) is 11.5 Å². The van der Waals surface area contributed by atoms with E-state index in [-0.39, 0.29) is 6.61 Å². The molecule has 1 aromatic rings. The Labute approximate surface area is 162 Å². The second-order valence-corrected chi connectivity index (χ2v) is 8.57. The van der Waals surface area contributed by atoms with Gasteiger partial charge in [-0.15, -0.1) is 0 Å². The molecular formula is C22H33NO4. The van der Waals surface area contributed by atoms with Crippen LogP contribution >= 0.6 is 0 Å². The fourth-order valence-electron chi connectivity index (χ4n) is 3.59. The van der Waals surface area contributed by atoms with Gasteiger partial charge in [-0.2, -0.15) is 0 Å². The summed E-state index contributed by atoms with van der Waals surface area (Å²) in [5.74, 6) is -0.920. The smallest absolute Gasteiger partial charge is 0.314 e. The molecule has 5 nitrogen and oxygen atoms in total. The van der Waals surface area contributed by atoms with Crippen molar-refractivity contribution in [2.75, 3.05) is 0 Å². The molecule has 1 aromatic carbocycles. The standard InChI is InChI=1S/C22H33NO4/c1-21(2,3)27-20(25)19(14-17-10-6-4-7-11-17)22(23,16-24)26-15-18-12-8-5-9-13-18/h5,8-9,12-13,16-17,19H,4,6-7,10-11,14-15,23H2,1-3H3. The Kier molecular flexibility index (Phi) is 7.57. The quantitative estimate of drug-likeness (QED) is 0.422. The third kappa shape index (κ3) is 6.74. The molecule has 2 N–H and O–H groups in total. The van der Waals surface area contributed by atoms with Crippen LogP contribution in [0, 0.1) is 11.8 Å². The van der Waals surface area contributed by atoms with E-state index in [0.29, 0.717) is 18.6 Å². The van der Waals surface area contributed by atoms with Crippen LogP contribution < -0.4 is 5.73 Å². The van der Waals surface area contributed by atoms with Crippen LogP contribution in [0.1, 0.15) is 64.9 Å². The third-order valence-corrected chi connectivity index (χ3v) is 5.05. The summed E-state index contributed by atoms with van der Waals surface area (Å²) in [6.07, 6.45) is 6.69. The lowest BCUT2D eigenvalue weighted by Gasteiger charge is -2.36. The summed E-state index contributed by atoms with van der Waals surface area (Å²) in [6.45, 7) is 5.60. The monoisotopic (exact) mass is 375 g/mol. The molecule has 0 amide bonds. The molecule has 0 aliphatic heterocycles. The van der Waals surface area contributed by atoms with E-state index >= 15 is 0 Å². The van der Waals surface area contributed by atoms with Gasteiger partial charge in [0.05, 0.1) is 6.61 Å². The van der Waals surface area contributed by atoms with Crippen LogP contribution in [0.2, 0.25) is 0 Å². The van der Waals surface area contributed by atoms with Gasteiger partial charge in [0.15, 0.2) is 12.0 Å². The van der Waals surface area contributed by atoms with Crippen LogP contribution in [0.3, 0.4) is 0 Å².